The van der Waals surface area contributed by atoms with Crippen LogP contribution < -0.4 is 10.6 Å². The number of carbonyl (C=O) groups is 1. The van der Waals surface area contributed by atoms with Gasteiger partial charge in [-0.2, -0.15) is 0 Å². The van der Waals surface area contributed by atoms with E-state index in [0.29, 0.717) is 11.0 Å². The van der Waals surface area contributed by atoms with Gasteiger partial charge < -0.3 is 10.6 Å². The van der Waals surface area contributed by atoms with Gasteiger partial charge in [-0.15, -0.1) is 0 Å². The van der Waals surface area contributed by atoms with E-state index in [9.17, 15) is 4.79 Å². The van der Waals surface area contributed by atoms with Crippen molar-refractivity contribution in [1.82, 2.24) is 10.3 Å². The van der Waals surface area contributed by atoms with E-state index in [1.807, 2.05) is 31.2 Å². The first kappa shape index (κ1) is 13.9. The highest BCUT2D eigenvalue weighted by Crippen LogP contribution is 2.44. The molecule has 1 aromatic carbocycles. The van der Waals surface area contributed by atoms with E-state index in [2.05, 4.69) is 22.5 Å². The van der Waals surface area contributed by atoms with Gasteiger partial charge in [-0.25, -0.2) is 4.98 Å². The van der Waals surface area contributed by atoms with E-state index in [1.165, 1.54) is 12.8 Å². The van der Waals surface area contributed by atoms with Gasteiger partial charge in [0.2, 0.25) is 0 Å². The van der Waals surface area contributed by atoms with Gasteiger partial charge in [-0.3, -0.25) is 4.79 Å². The predicted molar refractivity (Wildman–Crippen MR) is 85.6 cm³/mol. The molecule has 4 heteroatoms. The van der Waals surface area contributed by atoms with Crippen molar-refractivity contribution < 1.29 is 4.79 Å². The van der Waals surface area contributed by atoms with Gasteiger partial charge in [-0.05, 0) is 30.6 Å². The number of pyridine rings is 1. The summed E-state index contributed by atoms with van der Waals surface area (Å²) in [5, 5.41) is 8.22. The molecular weight excluding hydrogens is 262 g/mol. The number of hydrogen-bond donors (Lipinski definition) is 2. The summed E-state index contributed by atoms with van der Waals surface area (Å²) in [6, 6.07) is 7.90. The molecule has 1 fully saturated rings. The smallest absolute Gasteiger partial charge is 0.253 e. The quantitative estimate of drug-likeness (QED) is 0.886. The van der Waals surface area contributed by atoms with E-state index in [0.717, 1.165) is 29.7 Å². The summed E-state index contributed by atoms with van der Waals surface area (Å²) in [4.78, 5) is 16.8. The van der Waals surface area contributed by atoms with Crippen LogP contribution in [0.2, 0.25) is 0 Å². The first-order valence-electron chi connectivity index (χ1n) is 7.53. The Bertz CT molecular complexity index is 677. The van der Waals surface area contributed by atoms with Crippen LogP contribution in [-0.4, -0.2) is 24.0 Å². The van der Waals surface area contributed by atoms with Crippen molar-refractivity contribution in [2.75, 3.05) is 18.4 Å². The van der Waals surface area contributed by atoms with Crippen molar-refractivity contribution in [3.05, 3.63) is 36.0 Å². The second-order valence-corrected chi connectivity index (χ2v) is 6.09. The van der Waals surface area contributed by atoms with Crippen molar-refractivity contribution >= 4 is 22.5 Å². The number of amides is 1. The highest BCUT2D eigenvalue weighted by Gasteiger charge is 2.37. The Morgan fingerprint density at radius 3 is 2.67 bits per heavy atom. The Morgan fingerprint density at radius 2 is 2.00 bits per heavy atom. The number of benzene rings is 1. The molecule has 1 saturated carbocycles. The summed E-state index contributed by atoms with van der Waals surface area (Å²) >= 11 is 0. The van der Waals surface area contributed by atoms with Crippen LogP contribution in [0.1, 0.15) is 37.0 Å². The van der Waals surface area contributed by atoms with Gasteiger partial charge in [0.25, 0.3) is 5.91 Å². The minimum atomic E-state index is -0.0325. The highest BCUT2D eigenvalue weighted by molar-refractivity contribution is 6.09. The molecule has 0 saturated heterocycles. The highest BCUT2D eigenvalue weighted by atomic mass is 16.1. The lowest BCUT2D eigenvalue weighted by Gasteiger charge is -2.13. The molecule has 21 heavy (non-hydrogen) atoms. The van der Waals surface area contributed by atoms with Crippen molar-refractivity contribution in [1.29, 1.82) is 0 Å². The zero-order valence-corrected chi connectivity index (χ0v) is 12.6. The topological polar surface area (TPSA) is 54.0 Å². The van der Waals surface area contributed by atoms with Crippen LogP contribution in [-0.2, 0) is 0 Å². The molecular formula is C17H21N3O. The first-order valence-corrected chi connectivity index (χ1v) is 7.53. The third kappa shape index (κ3) is 2.84. The SMILES string of the molecule is CCNc1ncc(C(=O)NCC2(C)CC2)c2ccccc12. The Hall–Kier alpha value is -2.10. The lowest BCUT2D eigenvalue weighted by Crippen LogP contribution is -2.29. The number of hydrogen-bond acceptors (Lipinski definition) is 3. The van der Waals surface area contributed by atoms with Crippen molar-refractivity contribution in [2.24, 2.45) is 5.41 Å². The molecule has 3 rings (SSSR count). The minimum Gasteiger partial charge on any atom is -0.370 e. The van der Waals surface area contributed by atoms with Gasteiger partial charge in [-0.1, -0.05) is 31.2 Å². The van der Waals surface area contributed by atoms with Gasteiger partial charge in [0.15, 0.2) is 0 Å². The predicted octanol–water partition coefficient (Wildman–Crippen LogP) is 3.20. The summed E-state index contributed by atoms with van der Waals surface area (Å²) in [7, 11) is 0. The van der Waals surface area contributed by atoms with Gasteiger partial charge in [0, 0.05) is 24.7 Å². The fourth-order valence-electron chi connectivity index (χ4n) is 2.46. The molecule has 0 spiro atoms. The number of nitrogens with one attached hydrogen (secondary N) is 2. The number of nitrogens with zero attached hydrogens (tertiary/aromatic N) is 1. The maximum absolute atomic E-state index is 12.4. The molecule has 1 aliphatic rings. The zero-order valence-electron chi connectivity index (χ0n) is 12.6. The van der Waals surface area contributed by atoms with Crippen LogP contribution in [0.25, 0.3) is 10.8 Å². The third-order valence-electron chi connectivity index (χ3n) is 4.16. The average Bonchev–Trinajstić information content (AvgIpc) is 3.24. The second kappa shape index (κ2) is 5.35. The number of aromatic nitrogens is 1. The molecule has 0 unspecified atom stereocenters. The summed E-state index contributed by atoms with van der Waals surface area (Å²) < 4.78 is 0. The number of rotatable bonds is 5. The summed E-state index contributed by atoms with van der Waals surface area (Å²) in [5.74, 6) is 0.800. The molecule has 1 aromatic heterocycles. The maximum atomic E-state index is 12.4. The minimum absolute atomic E-state index is 0.0325. The molecule has 0 bridgehead atoms. The normalized spacial score (nSPS) is 15.7. The summed E-state index contributed by atoms with van der Waals surface area (Å²) in [6.07, 6.45) is 4.07. The van der Waals surface area contributed by atoms with Crippen LogP contribution in [0.15, 0.2) is 30.5 Å². The molecule has 2 N–H and O–H groups in total. The average molecular weight is 283 g/mol. The molecule has 2 aromatic rings. The van der Waals surface area contributed by atoms with E-state index >= 15 is 0 Å². The van der Waals surface area contributed by atoms with Crippen molar-refractivity contribution in [3.63, 3.8) is 0 Å². The molecule has 1 aliphatic carbocycles. The lowest BCUT2D eigenvalue weighted by atomic mass is 10.1. The summed E-state index contributed by atoms with van der Waals surface area (Å²) in [6.45, 7) is 5.79. The van der Waals surface area contributed by atoms with Crippen LogP contribution in [0.4, 0.5) is 5.82 Å². The van der Waals surface area contributed by atoms with E-state index in [-0.39, 0.29) is 5.91 Å². The van der Waals surface area contributed by atoms with E-state index < -0.39 is 0 Å². The van der Waals surface area contributed by atoms with Gasteiger partial charge in [0.1, 0.15) is 5.82 Å². The van der Waals surface area contributed by atoms with Gasteiger partial charge >= 0.3 is 0 Å². The second-order valence-electron chi connectivity index (χ2n) is 6.09. The third-order valence-corrected chi connectivity index (χ3v) is 4.16. The fraction of sp³-hybridized carbons (Fsp3) is 0.412. The van der Waals surface area contributed by atoms with E-state index in [4.69, 9.17) is 0 Å². The molecule has 0 radical (unpaired) electrons. The Morgan fingerprint density at radius 1 is 1.29 bits per heavy atom. The lowest BCUT2D eigenvalue weighted by molar-refractivity contribution is 0.0947. The Kier molecular flexibility index (Phi) is 3.53. The van der Waals surface area contributed by atoms with E-state index in [1.54, 1.807) is 6.20 Å². The van der Waals surface area contributed by atoms with Gasteiger partial charge in [0.05, 0.1) is 5.56 Å². The van der Waals surface area contributed by atoms with Crippen LogP contribution in [0.3, 0.4) is 0 Å². The van der Waals surface area contributed by atoms with Crippen LogP contribution >= 0.6 is 0 Å². The molecule has 1 heterocycles. The monoisotopic (exact) mass is 283 g/mol. The number of anilines is 1. The van der Waals surface area contributed by atoms with Crippen molar-refractivity contribution in [3.8, 4) is 0 Å². The summed E-state index contributed by atoms with van der Waals surface area (Å²) in [5.41, 5.74) is 0.958. The number of fused-ring (bicyclic) bond motifs is 1. The molecule has 0 aliphatic heterocycles. The first-order chi connectivity index (χ1) is 10.1. The molecule has 110 valence electrons. The Labute approximate surface area is 125 Å². The standard InChI is InChI=1S/C17H21N3O/c1-3-18-15-13-7-5-4-6-12(13)14(10-19-15)16(21)20-11-17(2)8-9-17/h4-7,10H,3,8-9,11H2,1-2H3,(H,18,19)(H,20,21). The molecule has 4 nitrogen and oxygen atoms in total. The maximum Gasteiger partial charge on any atom is 0.253 e. The molecule has 0 atom stereocenters. The number of carbonyl (C=O) groups excluding carboxylic acids is 1. The van der Waals surface area contributed by atoms with Crippen LogP contribution in [0.5, 0.6) is 0 Å². The fourth-order valence-corrected chi connectivity index (χ4v) is 2.46. The largest absolute Gasteiger partial charge is 0.370 e. The van der Waals surface area contributed by atoms with Crippen molar-refractivity contribution in [2.45, 2.75) is 26.7 Å². The molecule has 1 amide bonds. The Balaban J connectivity index is 1.91. The zero-order chi connectivity index (χ0) is 14.9. The van der Waals surface area contributed by atoms with Crippen LogP contribution in [0, 0.1) is 5.41 Å².